The molecule has 1 aromatic rings. The van der Waals surface area contributed by atoms with Gasteiger partial charge in [0.2, 0.25) is 0 Å². The number of pyridine rings is 1. The molecule has 0 aromatic carbocycles. The van der Waals surface area contributed by atoms with Gasteiger partial charge < -0.3 is 14.2 Å². The summed E-state index contributed by atoms with van der Waals surface area (Å²) in [6.45, 7) is 2.54. The minimum atomic E-state index is 0.379. The highest BCUT2D eigenvalue weighted by Crippen LogP contribution is 2.05. The summed E-state index contributed by atoms with van der Waals surface area (Å²) in [4.78, 5) is 3.95. The number of hydrogen-bond acceptors (Lipinski definition) is 5. The van der Waals surface area contributed by atoms with Crippen LogP contribution in [0.4, 0.5) is 0 Å². The van der Waals surface area contributed by atoms with Gasteiger partial charge >= 0.3 is 0 Å². The molecular formula is C12H16N2O3. The zero-order valence-corrected chi connectivity index (χ0v) is 9.89. The fourth-order valence-corrected chi connectivity index (χ4v) is 1.20. The molecule has 0 atom stereocenters. The molecule has 17 heavy (non-hydrogen) atoms. The maximum Gasteiger partial charge on any atom is 0.145 e. The predicted octanol–water partition coefficient (Wildman–Crippen LogP) is 1.13. The molecule has 0 fully saturated rings. The zero-order valence-electron chi connectivity index (χ0n) is 9.89. The Morgan fingerprint density at radius 3 is 2.76 bits per heavy atom. The van der Waals surface area contributed by atoms with Gasteiger partial charge in [-0.15, -0.1) is 0 Å². The van der Waals surface area contributed by atoms with Crippen LogP contribution in [-0.2, 0) is 20.8 Å². The number of aromatic nitrogens is 1. The predicted molar refractivity (Wildman–Crippen MR) is 61.3 cm³/mol. The third kappa shape index (κ3) is 5.41. The van der Waals surface area contributed by atoms with Crippen LogP contribution in [0.5, 0.6) is 0 Å². The molecule has 0 saturated heterocycles. The largest absolute Gasteiger partial charge is 0.382 e. The summed E-state index contributed by atoms with van der Waals surface area (Å²) in [5.74, 6) is 0. The molecule has 0 N–H and O–H groups in total. The normalized spacial score (nSPS) is 10.1. The van der Waals surface area contributed by atoms with Crippen molar-refractivity contribution < 1.29 is 14.2 Å². The molecule has 0 amide bonds. The fourth-order valence-electron chi connectivity index (χ4n) is 1.20. The Labute approximate surface area is 101 Å². The molecule has 92 valence electrons. The molecular weight excluding hydrogens is 220 g/mol. The van der Waals surface area contributed by atoms with E-state index in [-0.39, 0.29) is 0 Å². The van der Waals surface area contributed by atoms with Crippen molar-refractivity contribution in [1.82, 2.24) is 4.98 Å². The molecule has 0 aliphatic rings. The summed E-state index contributed by atoms with van der Waals surface area (Å²) in [5, 5.41) is 8.81. The molecule has 5 nitrogen and oxygen atoms in total. The number of methoxy groups -OCH3 is 1. The van der Waals surface area contributed by atoms with Crippen LogP contribution in [0.1, 0.15) is 11.3 Å². The third-order valence-electron chi connectivity index (χ3n) is 2.06. The van der Waals surface area contributed by atoms with E-state index in [0.717, 1.165) is 5.56 Å². The van der Waals surface area contributed by atoms with E-state index in [1.807, 2.05) is 12.1 Å². The Balaban J connectivity index is 2.16. The highest BCUT2D eigenvalue weighted by atomic mass is 16.5. The standard InChI is InChI=1S/C12H16N2O3/c1-15-5-6-16-7-8-17-10-11-3-2-4-14-12(11)9-13/h2-4H,5-8,10H2,1H3. The van der Waals surface area contributed by atoms with Gasteiger partial charge in [0.05, 0.1) is 33.0 Å². The van der Waals surface area contributed by atoms with Gasteiger partial charge in [0.1, 0.15) is 11.8 Å². The minimum Gasteiger partial charge on any atom is -0.382 e. The monoisotopic (exact) mass is 236 g/mol. The lowest BCUT2D eigenvalue weighted by Crippen LogP contribution is -2.08. The van der Waals surface area contributed by atoms with E-state index in [1.54, 1.807) is 19.4 Å². The van der Waals surface area contributed by atoms with E-state index in [2.05, 4.69) is 4.98 Å². The molecule has 0 aliphatic heterocycles. The smallest absolute Gasteiger partial charge is 0.145 e. The second kappa shape index (κ2) is 8.65. The van der Waals surface area contributed by atoms with Gasteiger partial charge in [-0.3, -0.25) is 0 Å². The van der Waals surface area contributed by atoms with E-state index >= 15 is 0 Å². The quantitative estimate of drug-likeness (QED) is 0.633. The van der Waals surface area contributed by atoms with Gasteiger partial charge in [0.15, 0.2) is 0 Å². The van der Waals surface area contributed by atoms with Crippen LogP contribution < -0.4 is 0 Å². The average molecular weight is 236 g/mol. The second-order valence-electron chi connectivity index (χ2n) is 3.28. The SMILES string of the molecule is COCCOCCOCc1cccnc1C#N. The Kier molecular flexibility index (Phi) is 6.91. The van der Waals surface area contributed by atoms with Gasteiger partial charge in [-0.1, -0.05) is 6.07 Å². The summed E-state index contributed by atoms with van der Waals surface area (Å²) in [5.41, 5.74) is 1.21. The molecule has 0 aliphatic carbocycles. The molecule has 0 unspecified atom stereocenters. The van der Waals surface area contributed by atoms with Crippen LogP contribution >= 0.6 is 0 Å². The summed E-state index contributed by atoms with van der Waals surface area (Å²) >= 11 is 0. The fraction of sp³-hybridized carbons (Fsp3) is 0.500. The first-order valence-electron chi connectivity index (χ1n) is 5.37. The Hall–Kier alpha value is -1.48. The maximum absolute atomic E-state index is 8.81. The third-order valence-corrected chi connectivity index (χ3v) is 2.06. The minimum absolute atomic E-state index is 0.379. The maximum atomic E-state index is 8.81. The molecule has 5 heteroatoms. The summed E-state index contributed by atoms with van der Waals surface area (Å²) < 4.78 is 15.5. The highest BCUT2D eigenvalue weighted by molar-refractivity contribution is 5.29. The van der Waals surface area contributed by atoms with E-state index < -0.39 is 0 Å². The first-order chi connectivity index (χ1) is 8.38. The van der Waals surface area contributed by atoms with Crippen LogP contribution in [-0.4, -0.2) is 38.5 Å². The molecule has 1 heterocycles. The lowest BCUT2D eigenvalue weighted by molar-refractivity contribution is 0.0198. The first-order valence-corrected chi connectivity index (χ1v) is 5.37. The summed E-state index contributed by atoms with van der Waals surface area (Å²) in [7, 11) is 1.63. The number of ether oxygens (including phenoxy) is 3. The first kappa shape index (κ1) is 13.6. The lowest BCUT2D eigenvalue weighted by atomic mass is 10.2. The Bertz CT molecular complexity index is 363. The Morgan fingerprint density at radius 2 is 2.00 bits per heavy atom. The summed E-state index contributed by atoms with van der Waals surface area (Å²) in [6.07, 6.45) is 1.59. The number of nitriles is 1. The van der Waals surface area contributed by atoms with Gasteiger partial charge in [-0.25, -0.2) is 4.98 Å². The van der Waals surface area contributed by atoms with Gasteiger partial charge in [0.25, 0.3) is 0 Å². The lowest BCUT2D eigenvalue weighted by Gasteiger charge is -2.06. The molecule has 0 radical (unpaired) electrons. The second-order valence-corrected chi connectivity index (χ2v) is 3.28. The molecule has 0 spiro atoms. The summed E-state index contributed by atoms with van der Waals surface area (Å²) in [6, 6.07) is 5.64. The van der Waals surface area contributed by atoms with Crippen LogP contribution in [0.2, 0.25) is 0 Å². The molecule has 1 rings (SSSR count). The van der Waals surface area contributed by atoms with Crippen molar-refractivity contribution in [3.63, 3.8) is 0 Å². The van der Waals surface area contributed by atoms with Crippen molar-refractivity contribution in [2.45, 2.75) is 6.61 Å². The number of nitrogens with zero attached hydrogens (tertiary/aromatic N) is 2. The van der Waals surface area contributed by atoms with Crippen LogP contribution in [0.15, 0.2) is 18.3 Å². The molecule has 0 bridgehead atoms. The van der Waals surface area contributed by atoms with Crippen LogP contribution in [0.25, 0.3) is 0 Å². The number of hydrogen-bond donors (Lipinski definition) is 0. The highest BCUT2D eigenvalue weighted by Gasteiger charge is 2.01. The van der Waals surface area contributed by atoms with Crippen molar-refractivity contribution >= 4 is 0 Å². The van der Waals surface area contributed by atoms with E-state index in [4.69, 9.17) is 19.5 Å². The van der Waals surface area contributed by atoms with Crippen LogP contribution in [0.3, 0.4) is 0 Å². The average Bonchev–Trinajstić information content (AvgIpc) is 2.38. The van der Waals surface area contributed by atoms with E-state index in [1.165, 1.54) is 0 Å². The van der Waals surface area contributed by atoms with Crippen molar-refractivity contribution in [2.24, 2.45) is 0 Å². The molecule has 1 aromatic heterocycles. The van der Waals surface area contributed by atoms with E-state index in [9.17, 15) is 0 Å². The van der Waals surface area contributed by atoms with Gasteiger partial charge in [0, 0.05) is 18.9 Å². The van der Waals surface area contributed by atoms with Crippen molar-refractivity contribution in [3.8, 4) is 6.07 Å². The Morgan fingerprint density at radius 1 is 1.24 bits per heavy atom. The van der Waals surface area contributed by atoms with E-state index in [0.29, 0.717) is 38.7 Å². The van der Waals surface area contributed by atoms with Gasteiger partial charge in [-0.05, 0) is 6.07 Å². The van der Waals surface area contributed by atoms with Crippen molar-refractivity contribution in [2.75, 3.05) is 33.5 Å². The molecule has 0 saturated carbocycles. The zero-order chi connectivity index (χ0) is 12.3. The van der Waals surface area contributed by atoms with Crippen molar-refractivity contribution in [3.05, 3.63) is 29.6 Å². The number of rotatable bonds is 8. The van der Waals surface area contributed by atoms with Gasteiger partial charge in [-0.2, -0.15) is 5.26 Å². The van der Waals surface area contributed by atoms with Crippen LogP contribution in [0, 0.1) is 11.3 Å². The topological polar surface area (TPSA) is 64.4 Å². The van der Waals surface area contributed by atoms with Crippen molar-refractivity contribution in [1.29, 1.82) is 5.26 Å².